The number of carboxylic acid groups (broad SMARTS) is 1. The Hall–Kier alpha value is -1.82. The zero-order valence-corrected chi connectivity index (χ0v) is 7.35. The lowest BCUT2D eigenvalue weighted by atomic mass is 10.2. The highest BCUT2D eigenvalue weighted by Gasteiger charge is 2.21. The highest BCUT2D eigenvalue weighted by Crippen LogP contribution is 2.35. The van der Waals surface area contributed by atoms with Gasteiger partial charge < -0.3 is 10.2 Å². The Balaban J connectivity index is 3.41. The molecular weight excluding hydrogens is 214 g/mol. The lowest BCUT2D eigenvalue weighted by Crippen LogP contribution is -1.99. The summed E-state index contributed by atoms with van der Waals surface area (Å²) in [5, 5.41) is 27.5. The van der Waals surface area contributed by atoms with Crippen LogP contribution in [0.25, 0.3) is 0 Å². The van der Waals surface area contributed by atoms with Crippen molar-refractivity contribution in [2.75, 3.05) is 0 Å². The molecule has 14 heavy (non-hydrogen) atoms. The molecule has 1 rings (SSSR count). The summed E-state index contributed by atoms with van der Waals surface area (Å²) in [6, 6.07) is 1.84. The molecule has 0 amide bonds. The highest BCUT2D eigenvalue weighted by molar-refractivity contribution is 6.35. The van der Waals surface area contributed by atoms with Crippen molar-refractivity contribution in [2.45, 2.75) is 0 Å². The number of phenols is 1. The third-order valence-corrected chi connectivity index (χ3v) is 1.90. The Kier molecular flexibility index (Phi) is 2.57. The van der Waals surface area contributed by atoms with E-state index >= 15 is 0 Å². The summed E-state index contributed by atoms with van der Waals surface area (Å²) in [4.78, 5) is 19.9. The second-order valence-electron chi connectivity index (χ2n) is 2.36. The van der Waals surface area contributed by atoms with Gasteiger partial charge in [0.1, 0.15) is 5.02 Å². The molecule has 0 saturated heterocycles. The van der Waals surface area contributed by atoms with E-state index in [1.54, 1.807) is 0 Å². The number of carboxylic acids is 1. The zero-order valence-electron chi connectivity index (χ0n) is 6.60. The Morgan fingerprint density at radius 3 is 2.50 bits per heavy atom. The third-order valence-electron chi connectivity index (χ3n) is 1.52. The summed E-state index contributed by atoms with van der Waals surface area (Å²) in [7, 11) is 0. The molecule has 0 unspecified atom stereocenters. The van der Waals surface area contributed by atoms with Gasteiger partial charge in [-0.05, 0) is 6.07 Å². The van der Waals surface area contributed by atoms with Crippen molar-refractivity contribution in [3.63, 3.8) is 0 Å². The fourth-order valence-corrected chi connectivity index (χ4v) is 1.11. The minimum Gasteiger partial charge on any atom is -0.501 e. The number of carbonyl (C=O) groups is 1. The topological polar surface area (TPSA) is 101 Å². The molecule has 0 spiro atoms. The molecule has 0 heterocycles. The standard InChI is InChI=1S/C7H4ClNO5/c8-5-3(7(11)12)1-2-4(6(5)10)9(13)14/h1-2,10H,(H,11,12). The van der Waals surface area contributed by atoms with E-state index < -0.39 is 27.4 Å². The van der Waals surface area contributed by atoms with Gasteiger partial charge in [-0.25, -0.2) is 4.79 Å². The first-order valence-corrected chi connectivity index (χ1v) is 3.72. The summed E-state index contributed by atoms with van der Waals surface area (Å²) < 4.78 is 0. The molecular formula is C7H4ClNO5. The number of nitro benzene ring substituents is 1. The van der Waals surface area contributed by atoms with E-state index in [2.05, 4.69) is 0 Å². The molecule has 2 N–H and O–H groups in total. The van der Waals surface area contributed by atoms with Crippen LogP contribution in [0.2, 0.25) is 5.02 Å². The average molecular weight is 218 g/mol. The predicted octanol–water partition coefficient (Wildman–Crippen LogP) is 1.65. The second-order valence-corrected chi connectivity index (χ2v) is 2.74. The molecule has 0 saturated carbocycles. The first-order chi connectivity index (χ1) is 6.45. The fourth-order valence-electron chi connectivity index (χ4n) is 0.867. The van der Waals surface area contributed by atoms with Crippen molar-refractivity contribution in [3.8, 4) is 5.75 Å². The second kappa shape index (κ2) is 3.51. The van der Waals surface area contributed by atoms with Crippen LogP contribution in [0.15, 0.2) is 12.1 Å². The van der Waals surface area contributed by atoms with E-state index in [9.17, 15) is 14.9 Å². The van der Waals surface area contributed by atoms with Crippen LogP contribution in [0, 0.1) is 10.1 Å². The quantitative estimate of drug-likeness (QED) is 0.579. The summed E-state index contributed by atoms with van der Waals surface area (Å²) in [5.74, 6) is -2.20. The molecule has 1 aromatic rings. The van der Waals surface area contributed by atoms with E-state index in [1.165, 1.54) is 0 Å². The number of halogens is 1. The van der Waals surface area contributed by atoms with E-state index in [0.29, 0.717) is 0 Å². The van der Waals surface area contributed by atoms with Gasteiger partial charge in [0, 0.05) is 6.07 Å². The van der Waals surface area contributed by atoms with Crippen molar-refractivity contribution < 1.29 is 19.9 Å². The summed E-state index contributed by atoms with van der Waals surface area (Å²) in [5.41, 5.74) is -1.00. The van der Waals surface area contributed by atoms with Gasteiger partial charge in [-0.3, -0.25) is 10.1 Å². The van der Waals surface area contributed by atoms with Gasteiger partial charge in [0.15, 0.2) is 0 Å². The number of nitrogens with zero attached hydrogens (tertiary/aromatic N) is 1. The number of benzene rings is 1. The molecule has 1 aromatic carbocycles. The van der Waals surface area contributed by atoms with Gasteiger partial charge in [0.25, 0.3) is 0 Å². The molecule has 74 valence electrons. The molecule has 0 aliphatic rings. The van der Waals surface area contributed by atoms with Crippen LogP contribution in [0.4, 0.5) is 5.69 Å². The monoisotopic (exact) mass is 217 g/mol. The molecule has 0 atom stereocenters. The number of hydrogen-bond acceptors (Lipinski definition) is 4. The smallest absolute Gasteiger partial charge is 0.337 e. The Morgan fingerprint density at radius 2 is 2.07 bits per heavy atom. The van der Waals surface area contributed by atoms with Crippen molar-refractivity contribution in [1.82, 2.24) is 0 Å². The Morgan fingerprint density at radius 1 is 1.50 bits per heavy atom. The minimum atomic E-state index is -1.36. The fraction of sp³-hybridized carbons (Fsp3) is 0. The number of hydrogen-bond donors (Lipinski definition) is 2. The van der Waals surface area contributed by atoms with Crippen LogP contribution < -0.4 is 0 Å². The number of phenolic OH excluding ortho intramolecular Hbond substituents is 1. The lowest BCUT2D eigenvalue weighted by molar-refractivity contribution is -0.385. The summed E-state index contributed by atoms with van der Waals surface area (Å²) in [6.45, 7) is 0. The van der Waals surface area contributed by atoms with Crippen molar-refractivity contribution in [3.05, 3.63) is 32.8 Å². The van der Waals surface area contributed by atoms with E-state index in [0.717, 1.165) is 12.1 Å². The first-order valence-electron chi connectivity index (χ1n) is 3.34. The van der Waals surface area contributed by atoms with E-state index in [1.807, 2.05) is 0 Å². The van der Waals surface area contributed by atoms with E-state index in [4.69, 9.17) is 21.8 Å². The van der Waals surface area contributed by atoms with E-state index in [-0.39, 0.29) is 5.56 Å². The molecule has 7 heteroatoms. The van der Waals surface area contributed by atoms with Crippen LogP contribution in [0.3, 0.4) is 0 Å². The average Bonchev–Trinajstić information content (AvgIpc) is 2.08. The minimum absolute atomic E-state index is 0.380. The molecule has 0 aromatic heterocycles. The highest BCUT2D eigenvalue weighted by atomic mass is 35.5. The summed E-state index contributed by atoms with van der Waals surface area (Å²) >= 11 is 5.40. The van der Waals surface area contributed by atoms with Crippen LogP contribution in [-0.4, -0.2) is 21.1 Å². The van der Waals surface area contributed by atoms with Crippen molar-refractivity contribution >= 4 is 23.3 Å². The van der Waals surface area contributed by atoms with Gasteiger partial charge in [-0.15, -0.1) is 0 Å². The normalized spacial score (nSPS) is 9.79. The van der Waals surface area contributed by atoms with Crippen LogP contribution in [0.1, 0.15) is 10.4 Å². The SMILES string of the molecule is O=C(O)c1ccc([N+](=O)[O-])c(O)c1Cl. The largest absolute Gasteiger partial charge is 0.501 e. The maximum atomic E-state index is 10.5. The van der Waals surface area contributed by atoms with Crippen molar-refractivity contribution in [2.24, 2.45) is 0 Å². The number of nitro groups is 1. The van der Waals surface area contributed by atoms with Crippen molar-refractivity contribution in [1.29, 1.82) is 0 Å². The molecule has 0 radical (unpaired) electrons. The maximum Gasteiger partial charge on any atom is 0.337 e. The van der Waals surface area contributed by atoms with Gasteiger partial charge >= 0.3 is 11.7 Å². The van der Waals surface area contributed by atoms with Crippen LogP contribution >= 0.6 is 11.6 Å². The molecule has 0 aliphatic carbocycles. The Bertz CT molecular complexity index is 378. The van der Waals surface area contributed by atoms with Gasteiger partial charge in [0.05, 0.1) is 10.5 Å². The molecule has 0 aliphatic heterocycles. The van der Waals surface area contributed by atoms with Crippen LogP contribution in [0.5, 0.6) is 5.75 Å². The van der Waals surface area contributed by atoms with Gasteiger partial charge in [0.2, 0.25) is 5.75 Å². The number of aromatic hydroxyl groups is 1. The van der Waals surface area contributed by atoms with Crippen LogP contribution in [-0.2, 0) is 0 Å². The molecule has 0 bridgehead atoms. The molecule has 0 fully saturated rings. The lowest BCUT2D eigenvalue weighted by Gasteiger charge is -2.01. The van der Waals surface area contributed by atoms with Gasteiger partial charge in [-0.2, -0.15) is 0 Å². The summed E-state index contributed by atoms with van der Waals surface area (Å²) in [6.07, 6.45) is 0. The number of rotatable bonds is 2. The zero-order chi connectivity index (χ0) is 10.9. The molecule has 6 nitrogen and oxygen atoms in total. The first kappa shape index (κ1) is 10.3. The number of aromatic carboxylic acids is 1. The van der Waals surface area contributed by atoms with Gasteiger partial charge in [-0.1, -0.05) is 11.6 Å². The third kappa shape index (κ3) is 1.60. The Labute approximate surface area is 82.5 Å². The predicted molar refractivity (Wildman–Crippen MR) is 46.7 cm³/mol. The maximum absolute atomic E-state index is 10.5.